The highest BCUT2D eigenvalue weighted by Crippen LogP contribution is 2.32. The van der Waals surface area contributed by atoms with Crippen LogP contribution < -0.4 is 9.47 Å². The Bertz CT molecular complexity index is 1060. The molecule has 2 aromatic carbocycles. The summed E-state index contributed by atoms with van der Waals surface area (Å²) in [6, 6.07) is 11.0. The zero-order valence-corrected chi connectivity index (χ0v) is 20.8. The molecule has 0 aromatic heterocycles. The molecule has 2 fully saturated rings. The van der Waals surface area contributed by atoms with Gasteiger partial charge < -0.3 is 64.9 Å². The van der Waals surface area contributed by atoms with Crippen molar-refractivity contribution in [1.82, 2.24) is 0 Å². The van der Waals surface area contributed by atoms with E-state index in [1.54, 1.807) is 30.3 Å². The lowest BCUT2D eigenvalue weighted by Gasteiger charge is -2.40. The van der Waals surface area contributed by atoms with Gasteiger partial charge in [-0.15, -0.1) is 0 Å². The minimum atomic E-state index is -1.63. The van der Waals surface area contributed by atoms with Crippen LogP contribution in [0.25, 0.3) is 0 Å². The van der Waals surface area contributed by atoms with E-state index >= 15 is 0 Å². The number of aromatic hydroxyl groups is 1. The molecule has 13 heteroatoms. The lowest BCUT2D eigenvalue weighted by molar-refractivity contribution is -0.278. The molecule has 0 amide bonds. The van der Waals surface area contributed by atoms with E-state index in [1.165, 1.54) is 12.1 Å². The Labute approximate surface area is 223 Å². The molecule has 10 atom stereocenters. The molecule has 0 aliphatic carbocycles. The number of phenols is 1. The van der Waals surface area contributed by atoms with Gasteiger partial charge in [0.1, 0.15) is 66.1 Å². The van der Waals surface area contributed by atoms with Gasteiger partial charge in [-0.3, -0.25) is 0 Å². The lowest BCUT2D eigenvalue weighted by Crippen LogP contribution is -2.60. The summed E-state index contributed by atoms with van der Waals surface area (Å²) in [7, 11) is 0. The molecule has 2 aliphatic rings. The Balaban J connectivity index is 1.57. The number of aliphatic hydroxyl groups excluding tert-OH is 8. The van der Waals surface area contributed by atoms with Gasteiger partial charge in [-0.1, -0.05) is 12.1 Å². The number of ether oxygens (including phenoxy) is 4. The Morgan fingerprint density at radius 2 is 1.15 bits per heavy atom. The normalized spacial score (nSPS) is 35.0. The maximum absolute atomic E-state index is 10.4. The maximum Gasteiger partial charge on any atom is 0.229 e. The van der Waals surface area contributed by atoms with Crippen LogP contribution in [0.3, 0.4) is 0 Å². The van der Waals surface area contributed by atoms with Crippen molar-refractivity contribution in [1.29, 1.82) is 0 Å². The summed E-state index contributed by atoms with van der Waals surface area (Å²) >= 11 is 0. The third-order valence-corrected chi connectivity index (χ3v) is 6.84. The number of rotatable bonds is 9. The van der Waals surface area contributed by atoms with E-state index in [1.807, 2.05) is 0 Å². The van der Waals surface area contributed by atoms with Gasteiger partial charge in [0.2, 0.25) is 12.6 Å². The van der Waals surface area contributed by atoms with Gasteiger partial charge in [0.25, 0.3) is 0 Å². The van der Waals surface area contributed by atoms with Crippen LogP contribution in [-0.4, -0.2) is 121 Å². The first-order valence-corrected chi connectivity index (χ1v) is 12.5. The van der Waals surface area contributed by atoms with Gasteiger partial charge in [-0.05, 0) is 54.3 Å². The quantitative estimate of drug-likeness (QED) is 0.157. The van der Waals surface area contributed by atoms with Crippen molar-refractivity contribution in [3.63, 3.8) is 0 Å². The number of hydrogen-bond donors (Lipinski definition) is 9. The van der Waals surface area contributed by atoms with E-state index in [0.29, 0.717) is 18.4 Å². The van der Waals surface area contributed by atoms with Crippen LogP contribution >= 0.6 is 0 Å². The predicted octanol–water partition coefficient (Wildman–Crippen LogP) is -2.47. The van der Waals surface area contributed by atoms with E-state index in [-0.39, 0.29) is 17.2 Å². The van der Waals surface area contributed by atoms with Gasteiger partial charge >= 0.3 is 0 Å². The highest BCUT2D eigenvalue weighted by atomic mass is 16.7. The molecule has 2 heterocycles. The molecule has 0 radical (unpaired) electrons. The number of benzene rings is 2. The van der Waals surface area contributed by atoms with Crippen molar-refractivity contribution >= 4 is 0 Å². The first-order chi connectivity index (χ1) is 18.6. The summed E-state index contributed by atoms with van der Waals surface area (Å²) in [4.78, 5) is 0. The van der Waals surface area contributed by atoms with Crippen molar-refractivity contribution in [2.45, 2.75) is 74.3 Å². The summed E-state index contributed by atoms with van der Waals surface area (Å²) in [5, 5.41) is 89.4. The fourth-order valence-corrected chi connectivity index (χ4v) is 4.47. The van der Waals surface area contributed by atoms with Gasteiger partial charge in [0.05, 0.1) is 13.2 Å². The van der Waals surface area contributed by atoms with Crippen LogP contribution in [0.5, 0.6) is 17.2 Å². The van der Waals surface area contributed by atoms with Crippen LogP contribution in [0.15, 0.2) is 42.5 Å². The topological polar surface area (TPSA) is 219 Å². The van der Waals surface area contributed by atoms with Gasteiger partial charge in [-0.2, -0.15) is 0 Å². The highest BCUT2D eigenvalue weighted by molar-refractivity contribution is 5.41. The van der Waals surface area contributed by atoms with E-state index in [9.17, 15) is 46.0 Å². The second-order valence-corrected chi connectivity index (χ2v) is 9.57. The Hall–Kier alpha value is -2.56. The second-order valence-electron chi connectivity index (χ2n) is 9.57. The highest BCUT2D eigenvalue weighted by Gasteiger charge is 2.46. The molecule has 9 N–H and O–H groups in total. The summed E-state index contributed by atoms with van der Waals surface area (Å²) < 4.78 is 22.4. The average molecular weight is 555 g/mol. The average Bonchev–Trinajstić information content (AvgIpc) is 2.94. The molecule has 2 aromatic rings. The smallest absolute Gasteiger partial charge is 0.229 e. The van der Waals surface area contributed by atoms with E-state index in [0.717, 1.165) is 5.56 Å². The maximum atomic E-state index is 10.4. The van der Waals surface area contributed by atoms with Crippen molar-refractivity contribution in [2.75, 3.05) is 13.2 Å². The largest absolute Gasteiger partial charge is 0.508 e. The van der Waals surface area contributed by atoms with Crippen LogP contribution in [0.1, 0.15) is 11.1 Å². The fourth-order valence-electron chi connectivity index (χ4n) is 4.47. The van der Waals surface area contributed by atoms with Crippen molar-refractivity contribution in [2.24, 2.45) is 0 Å². The summed E-state index contributed by atoms with van der Waals surface area (Å²) in [6.07, 6.45) is -13.9. The molecule has 216 valence electrons. The second kappa shape index (κ2) is 12.7. The van der Waals surface area contributed by atoms with Crippen molar-refractivity contribution < 1.29 is 64.9 Å². The molecule has 0 bridgehead atoms. The molecule has 4 rings (SSSR count). The first kappa shape index (κ1) is 29.4. The zero-order valence-electron chi connectivity index (χ0n) is 20.8. The Morgan fingerprint density at radius 1 is 0.615 bits per heavy atom. The van der Waals surface area contributed by atoms with E-state index in [2.05, 4.69) is 0 Å². The molecule has 0 spiro atoms. The van der Waals surface area contributed by atoms with Gasteiger partial charge in [0.15, 0.2) is 0 Å². The molecule has 13 nitrogen and oxygen atoms in total. The van der Waals surface area contributed by atoms with Gasteiger partial charge in [-0.25, -0.2) is 0 Å². The number of aliphatic hydroxyl groups is 8. The van der Waals surface area contributed by atoms with Crippen LogP contribution in [-0.2, 0) is 22.3 Å². The zero-order chi connectivity index (χ0) is 28.3. The molecule has 39 heavy (non-hydrogen) atoms. The van der Waals surface area contributed by atoms with Crippen LogP contribution in [0.4, 0.5) is 0 Å². The predicted molar refractivity (Wildman–Crippen MR) is 131 cm³/mol. The van der Waals surface area contributed by atoms with Crippen LogP contribution in [0.2, 0.25) is 0 Å². The van der Waals surface area contributed by atoms with Crippen molar-refractivity contribution in [3.8, 4) is 17.2 Å². The number of phenolic OH excluding ortho intramolecular Hbond substituents is 1. The molecule has 2 aliphatic heterocycles. The minimum absolute atomic E-state index is 0.111. The molecule has 0 saturated carbocycles. The SMILES string of the molecule is OC[C@H]1O[C@@H](Oc2ccc(O[C@@H]3O[C@H](CO)[C@@H](O)[C@H](O)[C@H]3O)c(CCc3ccc(O)cc3)c2)[C@H](O)[C@@H](O)[C@@H]1O. The number of aryl methyl sites for hydroxylation is 2. The summed E-state index contributed by atoms with van der Waals surface area (Å²) in [5.74, 6) is 0.515. The number of hydrogen-bond acceptors (Lipinski definition) is 13. The van der Waals surface area contributed by atoms with Gasteiger partial charge in [0, 0.05) is 0 Å². The Kier molecular flexibility index (Phi) is 9.61. The van der Waals surface area contributed by atoms with E-state index in [4.69, 9.17) is 18.9 Å². The Morgan fingerprint density at radius 3 is 1.69 bits per heavy atom. The standard InChI is InChI=1S/C26H34O13/c27-10-17-19(30)21(32)23(34)25(38-17)36-15-7-8-16(13(9-15)4-1-12-2-5-14(29)6-3-12)37-26-24(35)22(33)20(31)18(11-28)39-26/h2-3,5-9,17-35H,1,4,10-11H2/t17-,18-,19-,20-,21+,22+,23-,24-,25-,26-/m1/s1. The van der Waals surface area contributed by atoms with Crippen molar-refractivity contribution in [3.05, 3.63) is 53.6 Å². The monoisotopic (exact) mass is 554 g/mol. The molecular weight excluding hydrogens is 520 g/mol. The molecule has 2 saturated heterocycles. The lowest BCUT2D eigenvalue weighted by atomic mass is 9.99. The minimum Gasteiger partial charge on any atom is -0.508 e. The van der Waals surface area contributed by atoms with E-state index < -0.39 is 74.6 Å². The first-order valence-electron chi connectivity index (χ1n) is 12.5. The third kappa shape index (κ3) is 6.61. The molecule has 0 unspecified atom stereocenters. The summed E-state index contributed by atoms with van der Waals surface area (Å²) in [5.41, 5.74) is 1.41. The summed E-state index contributed by atoms with van der Waals surface area (Å²) in [6.45, 7) is -1.24. The fraction of sp³-hybridized carbons (Fsp3) is 0.538. The van der Waals surface area contributed by atoms with Crippen LogP contribution in [0, 0.1) is 0 Å². The molecular formula is C26H34O13. The third-order valence-electron chi connectivity index (χ3n) is 6.84.